The minimum absolute atomic E-state index is 0.120. The lowest BCUT2D eigenvalue weighted by molar-refractivity contribution is -0.153. The molecule has 4 rings (SSSR count). The van der Waals surface area contributed by atoms with Crippen molar-refractivity contribution in [3.8, 4) is 5.75 Å². The maximum Gasteiger partial charge on any atom is 0.410 e. The van der Waals surface area contributed by atoms with Crippen molar-refractivity contribution in [3.63, 3.8) is 0 Å². The van der Waals surface area contributed by atoms with Gasteiger partial charge >= 0.3 is 12.1 Å². The number of piperidine rings is 1. The Kier molecular flexibility index (Phi) is 10.2. The highest BCUT2D eigenvalue weighted by Gasteiger charge is 2.35. The minimum atomic E-state index is -0.556. The van der Waals surface area contributed by atoms with Gasteiger partial charge in [-0.3, -0.25) is 4.79 Å². The minimum Gasteiger partial charge on any atom is -0.493 e. The molecule has 2 atom stereocenters. The summed E-state index contributed by atoms with van der Waals surface area (Å²) in [4.78, 5) is 26.6. The van der Waals surface area contributed by atoms with Crippen molar-refractivity contribution in [1.82, 2.24) is 4.90 Å². The Bertz CT molecular complexity index is 1340. The number of likely N-dealkylation sites (tertiary alicyclic amines) is 1. The van der Waals surface area contributed by atoms with Gasteiger partial charge in [0.05, 0.1) is 37.9 Å². The van der Waals surface area contributed by atoms with Crippen LogP contribution in [0.2, 0.25) is 0 Å². The molecule has 0 aliphatic carbocycles. The molecular weight excluding hydrogens is 530 g/mol. The molecule has 1 saturated heterocycles. The van der Waals surface area contributed by atoms with Gasteiger partial charge in [-0.25, -0.2) is 4.79 Å². The average Bonchev–Trinajstić information content (AvgIpc) is 2.94. The van der Waals surface area contributed by atoms with E-state index in [1.807, 2.05) is 65.8 Å². The molecule has 226 valence electrons. The van der Waals surface area contributed by atoms with Gasteiger partial charge in [-0.2, -0.15) is 0 Å². The van der Waals surface area contributed by atoms with Crippen LogP contribution in [0.15, 0.2) is 66.7 Å². The molecule has 1 aliphatic rings. The maximum atomic E-state index is 12.9. The lowest BCUT2D eigenvalue weighted by atomic mass is 9.87. The SMILES string of the molecule is CC(C)(C)OC(=O)N1CCC(c2ccc(OCCCOC(=O)C(C)(C)C)cc2)C(OCc2ccc3ccccc3c2)C1. The van der Waals surface area contributed by atoms with Crippen LogP contribution in [-0.4, -0.2) is 55.0 Å². The van der Waals surface area contributed by atoms with Crippen molar-refractivity contribution in [2.75, 3.05) is 26.3 Å². The lowest BCUT2D eigenvalue weighted by Gasteiger charge is -2.39. The Morgan fingerprint density at radius 1 is 0.881 bits per heavy atom. The van der Waals surface area contributed by atoms with Crippen LogP contribution in [0, 0.1) is 5.41 Å². The van der Waals surface area contributed by atoms with Gasteiger partial charge in [-0.05, 0) is 88.1 Å². The zero-order valence-electron chi connectivity index (χ0n) is 25.9. The van der Waals surface area contributed by atoms with Crippen molar-refractivity contribution in [2.45, 2.75) is 78.6 Å². The highest BCUT2D eigenvalue weighted by atomic mass is 16.6. The number of amides is 1. The molecule has 0 saturated carbocycles. The molecule has 3 aromatic rings. The summed E-state index contributed by atoms with van der Waals surface area (Å²) in [6.45, 7) is 13.5. The van der Waals surface area contributed by atoms with E-state index >= 15 is 0 Å². The normalized spacial score (nSPS) is 17.6. The number of rotatable bonds is 9. The molecule has 0 N–H and O–H groups in total. The number of carbonyl (C=O) groups excluding carboxylic acids is 2. The monoisotopic (exact) mass is 575 g/mol. The van der Waals surface area contributed by atoms with Gasteiger partial charge in [-0.15, -0.1) is 0 Å². The van der Waals surface area contributed by atoms with Crippen LogP contribution >= 0.6 is 0 Å². The van der Waals surface area contributed by atoms with E-state index in [0.29, 0.717) is 39.3 Å². The molecule has 0 radical (unpaired) electrons. The van der Waals surface area contributed by atoms with Gasteiger partial charge in [0.25, 0.3) is 0 Å². The quantitative estimate of drug-likeness (QED) is 0.194. The van der Waals surface area contributed by atoms with E-state index in [0.717, 1.165) is 23.3 Å². The molecule has 42 heavy (non-hydrogen) atoms. The molecular formula is C35H45NO6. The third-order valence-electron chi connectivity index (χ3n) is 7.20. The number of esters is 1. The zero-order valence-corrected chi connectivity index (χ0v) is 25.9. The Labute approximate surface area is 250 Å². The fourth-order valence-electron chi connectivity index (χ4n) is 4.93. The first-order valence-corrected chi connectivity index (χ1v) is 14.9. The smallest absolute Gasteiger partial charge is 0.410 e. The Morgan fingerprint density at radius 3 is 2.29 bits per heavy atom. The van der Waals surface area contributed by atoms with Gasteiger partial charge < -0.3 is 23.8 Å². The van der Waals surface area contributed by atoms with Crippen molar-refractivity contribution in [1.29, 1.82) is 0 Å². The van der Waals surface area contributed by atoms with Crippen LogP contribution in [0.4, 0.5) is 4.79 Å². The second-order valence-electron chi connectivity index (χ2n) is 13.0. The van der Waals surface area contributed by atoms with E-state index in [1.165, 1.54) is 10.8 Å². The Morgan fingerprint density at radius 2 is 1.60 bits per heavy atom. The van der Waals surface area contributed by atoms with Crippen molar-refractivity contribution >= 4 is 22.8 Å². The number of benzene rings is 3. The maximum absolute atomic E-state index is 12.9. The number of fused-ring (bicyclic) bond motifs is 1. The van der Waals surface area contributed by atoms with E-state index < -0.39 is 11.0 Å². The van der Waals surface area contributed by atoms with Crippen molar-refractivity contribution in [3.05, 3.63) is 77.9 Å². The van der Waals surface area contributed by atoms with Crippen molar-refractivity contribution < 1.29 is 28.5 Å². The predicted molar refractivity (Wildman–Crippen MR) is 165 cm³/mol. The standard InChI is InChI=1S/C35H45NO6/c1-34(2,3)32(37)40-21-9-20-39-29-16-14-27(15-17-29)30-18-19-36(33(38)42-35(4,5)6)23-31(30)41-24-25-12-13-26-10-7-8-11-28(26)22-25/h7-8,10-17,22,30-31H,9,18-21,23-24H2,1-6H3. The summed E-state index contributed by atoms with van der Waals surface area (Å²) < 4.78 is 23.4. The summed E-state index contributed by atoms with van der Waals surface area (Å²) in [7, 11) is 0. The largest absolute Gasteiger partial charge is 0.493 e. The molecule has 1 amide bonds. The third-order valence-corrected chi connectivity index (χ3v) is 7.20. The fraction of sp³-hybridized carbons (Fsp3) is 0.486. The third kappa shape index (κ3) is 8.96. The summed E-state index contributed by atoms with van der Waals surface area (Å²) in [5, 5.41) is 2.37. The summed E-state index contributed by atoms with van der Waals surface area (Å²) in [6.07, 6.45) is 0.887. The van der Waals surface area contributed by atoms with Gasteiger partial charge in [0.2, 0.25) is 0 Å². The number of nitrogens with zero attached hydrogens (tertiary/aromatic N) is 1. The topological polar surface area (TPSA) is 74.3 Å². The summed E-state index contributed by atoms with van der Waals surface area (Å²) in [6, 6.07) is 22.8. The Balaban J connectivity index is 1.39. The second-order valence-corrected chi connectivity index (χ2v) is 13.0. The van der Waals surface area contributed by atoms with E-state index in [4.69, 9.17) is 18.9 Å². The molecule has 0 bridgehead atoms. The van der Waals surface area contributed by atoms with E-state index in [1.54, 1.807) is 4.90 Å². The average molecular weight is 576 g/mol. The molecule has 1 aliphatic heterocycles. The van der Waals surface area contributed by atoms with Gasteiger partial charge in [0.15, 0.2) is 0 Å². The van der Waals surface area contributed by atoms with Gasteiger partial charge in [0, 0.05) is 18.9 Å². The highest BCUT2D eigenvalue weighted by Crippen LogP contribution is 2.33. The number of hydrogen-bond donors (Lipinski definition) is 0. The fourth-order valence-corrected chi connectivity index (χ4v) is 4.93. The Hall–Kier alpha value is -3.58. The van der Waals surface area contributed by atoms with Crippen LogP contribution in [-0.2, 0) is 25.6 Å². The van der Waals surface area contributed by atoms with E-state index in [-0.39, 0.29) is 24.1 Å². The number of ether oxygens (including phenoxy) is 4. The van der Waals surface area contributed by atoms with Crippen LogP contribution in [0.25, 0.3) is 10.8 Å². The molecule has 0 spiro atoms. The summed E-state index contributed by atoms with van der Waals surface area (Å²) in [5.41, 5.74) is 1.18. The summed E-state index contributed by atoms with van der Waals surface area (Å²) >= 11 is 0. The van der Waals surface area contributed by atoms with E-state index in [9.17, 15) is 9.59 Å². The molecule has 7 nitrogen and oxygen atoms in total. The molecule has 1 heterocycles. The zero-order chi connectivity index (χ0) is 30.3. The first kappa shape index (κ1) is 31.4. The predicted octanol–water partition coefficient (Wildman–Crippen LogP) is 7.51. The summed E-state index contributed by atoms with van der Waals surface area (Å²) in [5.74, 6) is 0.678. The number of hydrogen-bond acceptors (Lipinski definition) is 6. The first-order chi connectivity index (χ1) is 19.9. The highest BCUT2D eigenvalue weighted by molar-refractivity contribution is 5.83. The van der Waals surface area contributed by atoms with Crippen molar-refractivity contribution in [2.24, 2.45) is 5.41 Å². The van der Waals surface area contributed by atoms with Crippen LogP contribution in [0.5, 0.6) is 5.75 Å². The first-order valence-electron chi connectivity index (χ1n) is 14.9. The van der Waals surface area contributed by atoms with Crippen LogP contribution in [0.1, 0.15) is 71.4 Å². The van der Waals surface area contributed by atoms with Gasteiger partial charge in [0.1, 0.15) is 11.4 Å². The molecule has 2 unspecified atom stereocenters. The molecule has 7 heteroatoms. The van der Waals surface area contributed by atoms with Gasteiger partial charge in [-0.1, -0.05) is 48.5 Å². The number of carbonyl (C=O) groups is 2. The van der Waals surface area contributed by atoms with Crippen LogP contribution < -0.4 is 4.74 Å². The molecule has 3 aromatic carbocycles. The lowest BCUT2D eigenvalue weighted by Crippen LogP contribution is -2.48. The molecule has 0 aromatic heterocycles. The second kappa shape index (κ2) is 13.6. The van der Waals surface area contributed by atoms with Crippen LogP contribution in [0.3, 0.4) is 0 Å². The van der Waals surface area contributed by atoms with E-state index in [2.05, 4.69) is 42.5 Å². The molecule has 1 fully saturated rings.